The monoisotopic (exact) mass is 434 g/mol. The van der Waals surface area contributed by atoms with Crippen LogP contribution < -0.4 is 5.32 Å². The summed E-state index contributed by atoms with van der Waals surface area (Å²) in [6.45, 7) is 3.97. The zero-order valence-electron chi connectivity index (χ0n) is 18.3. The lowest BCUT2D eigenvalue weighted by atomic mass is 10.1. The van der Waals surface area contributed by atoms with Crippen molar-refractivity contribution in [3.05, 3.63) is 102 Å². The van der Waals surface area contributed by atoms with Crippen LogP contribution in [0.25, 0.3) is 34.1 Å². The number of anilines is 1. The van der Waals surface area contributed by atoms with Crippen LogP contribution in [0.5, 0.6) is 0 Å². The fourth-order valence-electron chi connectivity index (χ4n) is 3.53. The van der Waals surface area contributed by atoms with Crippen molar-refractivity contribution >= 4 is 28.7 Å². The van der Waals surface area contributed by atoms with E-state index in [2.05, 4.69) is 15.5 Å². The molecule has 0 fully saturated rings. The summed E-state index contributed by atoms with van der Waals surface area (Å²) < 4.78 is 5.82. The first-order valence-corrected chi connectivity index (χ1v) is 10.6. The summed E-state index contributed by atoms with van der Waals surface area (Å²) in [5.41, 5.74) is 6.13. The fraction of sp³-hybridized carbons (Fsp3) is 0.0741. The normalized spacial score (nSPS) is 11.3. The second-order valence-electron chi connectivity index (χ2n) is 7.87. The molecule has 0 aliphatic carbocycles. The predicted octanol–water partition coefficient (Wildman–Crippen LogP) is 5.95. The molecule has 33 heavy (non-hydrogen) atoms. The van der Waals surface area contributed by atoms with Crippen molar-refractivity contribution in [2.45, 2.75) is 13.8 Å². The molecule has 0 atom stereocenters. The number of nitrogens with one attached hydrogen (secondary N) is 1. The van der Waals surface area contributed by atoms with Crippen LogP contribution in [0.1, 0.15) is 16.9 Å². The first-order valence-electron chi connectivity index (χ1n) is 10.6. The van der Waals surface area contributed by atoms with Crippen LogP contribution in [0.3, 0.4) is 0 Å². The minimum Gasteiger partial charge on any atom is -0.457 e. The molecule has 5 rings (SSSR count). The number of aromatic nitrogens is 3. The van der Waals surface area contributed by atoms with Crippen molar-refractivity contribution in [3.63, 3.8) is 0 Å². The van der Waals surface area contributed by atoms with Gasteiger partial charge in [0.2, 0.25) is 5.91 Å². The van der Waals surface area contributed by atoms with Gasteiger partial charge < -0.3 is 9.73 Å². The zero-order chi connectivity index (χ0) is 22.8. The summed E-state index contributed by atoms with van der Waals surface area (Å²) in [7, 11) is 0. The number of aryl methyl sites for hydroxylation is 2. The Labute approximate surface area is 191 Å². The molecule has 0 saturated heterocycles. The van der Waals surface area contributed by atoms with Gasteiger partial charge in [0, 0.05) is 17.3 Å². The van der Waals surface area contributed by atoms with Gasteiger partial charge in [-0.1, -0.05) is 48.0 Å². The minimum absolute atomic E-state index is 0.249. The SMILES string of the molecule is Cc1ccc(-n2nc3cc(C)c(NC(=O)/C=C/c4ccc(-c5ccccc5)o4)cc3n2)cc1. The van der Waals surface area contributed by atoms with E-state index in [1.165, 1.54) is 11.6 Å². The maximum absolute atomic E-state index is 12.5. The third-order valence-electron chi connectivity index (χ3n) is 5.33. The Morgan fingerprint density at radius 3 is 2.39 bits per heavy atom. The molecule has 0 unspecified atom stereocenters. The van der Waals surface area contributed by atoms with E-state index in [4.69, 9.17) is 4.42 Å². The van der Waals surface area contributed by atoms with Gasteiger partial charge in [0.15, 0.2) is 0 Å². The van der Waals surface area contributed by atoms with Crippen molar-refractivity contribution in [2.75, 3.05) is 5.32 Å². The second kappa shape index (κ2) is 8.59. The molecule has 2 aromatic heterocycles. The molecular weight excluding hydrogens is 412 g/mol. The predicted molar refractivity (Wildman–Crippen MR) is 130 cm³/mol. The van der Waals surface area contributed by atoms with Crippen LogP contribution in [-0.2, 0) is 4.79 Å². The lowest BCUT2D eigenvalue weighted by Gasteiger charge is -2.05. The molecular formula is C27H22N4O2. The number of carbonyl (C=O) groups excluding carboxylic acids is 1. The van der Waals surface area contributed by atoms with Crippen LogP contribution >= 0.6 is 0 Å². The van der Waals surface area contributed by atoms with Gasteiger partial charge in [-0.2, -0.15) is 4.80 Å². The molecule has 0 aliphatic heterocycles. The molecule has 6 heteroatoms. The van der Waals surface area contributed by atoms with E-state index in [9.17, 15) is 4.79 Å². The summed E-state index contributed by atoms with van der Waals surface area (Å²) in [5, 5.41) is 12.1. The average Bonchev–Trinajstić information content (AvgIpc) is 3.46. The largest absolute Gasteiger partial charge is 0.457 e. The number of nitrogens with zero attached hydrogens (tertiary/aromatic N) is 3. The van der Waals surface area contributed by atoms with E-state index in [0.717, 1.165) is 28.1 Å². The molecule has 0 spiro atoms. The molecule has 5 aromatic rings. The second-order valence-corrected chi connectivity index (χ2v) is 7.87. The summed E-state index contributed by atoms with van der Waals surface area (Å²) in [4.78, 5) is 14.1. The molecule has 162 valence electrons. The van der Waals surface area contributed by atoms with Gasteiger partial charge in [0.25, 0.3) is 0 Å². The molecule has 0 saturated carbocycles. The highest BCUT2D eigenvalue weighted by Crippen LogP contribution is 2.24. The number of hydrogen-bond acceptors (Lipinski definition) is 4. The van der Waals surface area contributed by atoms with Gasteiger partial charge in [0.1, 0.15) is 22.6 Å². The first kappa shape index (κ1) is 20.5. The van der Waals surface area contributed by atoms with E-state index in [1.54, 1.807) is 10.9 Å². The third-order valence-corrected chi connectivity index (χ3v) is 5.33. The molecule has 0 radical (unpaired) electrons. The maximum atomic E-state index is 12.5. The van der Waals surface area contributed by atoms with E-state index >= 15 is 0 Å². The lowest BCUT2D eigenvalue weighted by molar-refractivity contribution is -0.111. The minimum atomic E-state index is -0.249. The van der Waals surface area contributed by atoms with E-state index in [1.807, 2.05) is 92.7 Å². The van der Waals surface area contributed by atoms with E-state index in [-0.39, 0.29) is 5.91 Å². The smallest absolute Gasteiger partial charge is 0.248 e. The van der Waals surface area contributed by atoms with Crippen LogP contribution in [0.2, 0.25) is 0 Å². The number of rotatable bonds is 5. The topological polar surface area (TPSA) is 73.0 Å². The van der Waals surface area contributed by atoms with Crippen LogP contribution in [0.4, 0.5) is 5.69 Å². The van der Waals surface area contributed by atoms with Crippen molar-refractivity contribution in [2.24, 2.45) is 0 Å². The highest BCUT2D eigenvalue weighted by molar-refractivity contribution is 6.03. The average molecular weight is 434 g/mol. The number of amides is 1. The molecule has 0 bridgehead atoms. The summed E-state index contributed by atoms with van der Waals surface area (Å²) in [6.07, 6.45) is 3.11. The van der Waals surface area contributed by atoms with Gasteiger partial charge in [-0.15, -0.1) is 10.2 Å². The fourth-order valence-corrected chi connectivity index (χ4v) is 3.53. The number of benzene rings is 3. The third kappa shape index (κ3) is 4.45. The van der Waals surface area contributed by atoms with Gasteiger partial charge in [-0.25, -0.2) is 0 Å². The molecule has 6 nitrogen and oxygen atoms in total. The summed E-state index contributed by atoms with van der Waals surface area (Å²) >= 11 is 0. The van der Waals surface area contributed by atoms with E-state index < -0.39 is 0 Å². The summed E-state index contributed by atoms with van der Waals surface area (Å²) in [5.74, 6) is 1.12. The zero-order valence-corrected chi connectivity index (χ0v) is 18.3. The standard InChI is InChI=1S/C27H22N4O2/c1-18-8-10-21(11-9-18)31-29-24-16-19(2)23(17-25(24)30-31)28-27(32)15-13-22-12-14-26(33-22)20-6-4-3-5-7-20/h3-17H,1-2H3,(H,28,32)/b15-13+. The molecule has 3 aromatic carbocycles. The molecule has 2 heterocycles. The molecule has 1 amide bonds. The Morgan fingerprint density at radius 1 is 0.909 bits per heavy atom. The van der Waals surface area contributed by atoms with Crippen molar-refractivity contribution in [3.8, 4) is 17.0 Å². The maximum Gasteiger partial charge on any atom is 0.248 e. The Balaban J connectivity index is 1.32. The van der Waals surface area contributed by atoms with Crippen molar-refractivity contribution in [1.29, 1.82) is 0 Å². The number of fused-ring (bicyclic) bond motifs is 1. The Hall–Kier alpha value is -4.45. The quantitative estimate of drug-likeness (QED) is 0.347. The highest BCUT2D eigenvalue weighted by Gasteiger charge is 2.10. The van der Waals surface area contributed by atoms with Gasteiger partial charge in [-0.05, 0) is 61.9 Å². The van der Waals surface area contributed by atoms with Crippen molar-refractivity contribution < 1.29 is 9.21 Å². The van der Waals surface area contributed by atoms with Crippen LogP contribution in [0, 0.1) is 13.8 Å². The number of furan rings is 1. The Bertz CT molecular complexity index is 1460. The lowest BCUT2D eigenvalue weighted by Crippen LogP contribution is -2.08. The van der Waals surface area contributed by atoms with Gasteiger partial charge >= 0.3 is 0 Å². The first-order chi connectivity index (χ1) is 16.0. The number of hydrogen-bond donors (Lipinski definition) is 1. The molecule has 1 N–H and O–H groups in total. The summed E-state index contributed by atoms with van der Waals surface area (Å²) in [6, 6.07) is 25.3. The van der Waals surface area contributed by atoms with E-state index in [0.29, 0.717) is 17.0 Å². The van der Waals surface area contributed by atoms with Gasteiger partial charge in [0.05, 0.1) is 5.69 Å². The Kier molecular flexibility index (Phi) is 5.32. The highest BCUT2D eigenvalue weighted by atomic mass is 16.3. The molecule has 0 aliphatic rings. The Morgan fingerprint density at radius 2 is 1.64 bits per heavy atom. The number of carbonyl (C=O) groups is 1. The van der Waals surface area contributed by atoms with Crippen LogP contribution in [0.15, 0.2) is 89.4 Å². The van der Waals surface area contributed by atoms with Crippen LogP contribution in [-0.4, -0.2) is 20.9 Å². The van der Waals surface area contributed by atoms with Gasteiger partial charge in [-0.3, -0.25) is 4.79 Å². The van der Waals surface area contributed by atoms with Crippen molar-refractivity contribution in [1.82, 2.24) is 15.0 Å².